The second kappa shape index (κ2) is 7.35. The van der Waals surface area contributed by atoms with E-state index in [0.29, 0.717) is 10.8 Å². The number of rotatable bonds is 7. The molecule has 0 unspecified atom stereocenters. The standard InChI is InChI=1S/C12H13ClF3NO3/c13-9-3-1-2-4-10(9)20-6-5-17(7-11(18)19)8-12(14,15)16/h1-4H,5-8H2,(H,18,19). The minimum atomic E-state index is -4.46. The first-order chi connectivity index (χ1) is 9.28. The van der Waals surface area contributed by atoms with E-state index < -0.39 is 25.2 Å². The Balaban J connectivity index is 2.50. The number of halogens is 4. The molecular weight excluding hydrogens is 299 g/mol. The Bertz CT molecular complexity index is 454. The van der Waals surface area contributed by atoms with Crippen molar-refractivity contribution >= 4 is 17.6 Å². The quantitative estimate of drug-likeness (QED) is 0.841. The van der Waals surface area contributed by atoms with Gasteiger partial charge >= 0.3 is 12.1 Å². The average Bonchev–Trinajstić information content (AvgIpc) is 2.28. The molecule has 4 nitrogen and oxygen atoms in total. The maximum atomic E-state index is 12.3. The van der Waals surface area contributed by atoms with Gasteiger partial charge < -0.3 is 9.84 Å². The fraction of sp³-hybridized carbons (Fsp3) is 0.417. The second-order valence-corrected chi connectivity index (χ2v) is 4.41. The highest BCUT2D eigenvalue weighted by atomic mass is 35.5. The van der Waals surface area contributed by atoms with Gasteiger partial charge in [0.2, 0.25) is 0 Å². The monoisotopic (exact) mass is 311 g/mol. The van der Waals surface area contributed by atoms with Crippen molar-refractivity contribution in [2.24, 2.45) is 0 Å². The number of carboxylic acid groups (broad SMARTS) is 1. The first-order valence-electron chi connectivity index (χ1n) is 5.66. The summed E-state index contributed by atoms with van der Waals surface area (Å²) in [4.78, 5) is 11.3. The molecule has 0 aliphatic carbocycles. The number of hydrogen-bond acceptors (Lipinski definition) is 3. The summed E-state index contributed by atoms with van der Waals surface area (Å²) in [7, 11) is 0. The lowest BCUT2D eigenvalue weighted by atomic mass is 10.3. The van der Waals surface area contributed by atoms with Gasteiger partial charge in [0.15, 0.2) is 0 Å². The van der Waals surface area contributed by atoms with Crippen molar-refractivity contribution in [3.05, 3.63) is 29.3 Å². The third kappa shape index (κ3) is 6.63. The van der Waals surface area contributed by atoms with Crippen molar-refractivity contribution in [2.45, 2.75) is 6.18 Å². The fourth-order valence-electron chi connectivity index (χ4n) is 1.51. The van der Waals surface area contributed by atoms with Crippen LogP contribution >= 0.6 is 11.6 Å². The molecule has 0 saturated heterocycles. The van der Waals surface area contributed by atoms with Crippen LogP contribution in [0.2, 0.25) is 5.02 Å². The average molecular weight is 312 g/mol. The SMILES string of the molecule is O=C(O)CN(CCOc1ccccc1Cl)CC(F)(F)F. The van der Waals surface area contributed by atoms with Crippen LogP contribution in [0, 0.1) is 0 Å². The summed E-state index contributed by atoms with van der Waals surface area (Å²) in [5, 5.41) is 8.91. The van der Waals surface area contributed by atoms with Crippen molar-refractivity contribution in [1.82, 2.24) is 4.90 Å². The van der Waals surface area contributed by atoms with Crippen LogP contribution in [0.5, 0.6) is 5.75 Å². The molecule has 0 bridgehead atoms. The van der Waals surface area contributed by atoms with Gasteiger partial charge in [-0.2, -0.15) is 13.2 Å². The molecule has 0 amide bonds. The number of benzene rings is 1. The Kier molecular flexibility index (Phi) is 6.09. The lowest BCUT2D eigenvalue weighted by Gasteiger charge is -2.21. The summed E-state index contributed by atoms with van der Waals surface area (Å²) in [5.41, 5.74) is 0. The van der Waals surface area contributed by atoms with Crippen LogP contribution in [0.3, 0.4) is 0 Å². The molecule has 0 radical (unpaired) electrons. The molecule has 112 valence electrons. The van der Waals surface area contributed by atoms with Gasteiger partial charge in [0.05, 0.1) is 18.1 Å². The highest BCUT2D eigenvalue weighted by Gasteiger charge is 2.31. The molecule has 8 heteroatoms. The largest absolute Gasteiger partial charge is 0.491 e. The molecule has 1 rings (SSSR count). The van der Waals surface area contributed by atoms with Crippen LogP contribution in [0.15, 0.2) is 24.3 Å². The third-order valence-corrected chi connectivity index (χ3v) is 2.58. The molecule has 0 aromatic heterocycles. The van der Waals surface area contributed by atoms with Crippen LogP contribution in [0.25, 0.3) is 0 Å². The van der Waals surface area contributed by atoms with E-state index in [0.717, 1.165) is 4.90 Å². The number of ether oxygens (including phenoxy) is 1. The number of carbonyl (C=O) groups is 1. The van der Waals surface area contributed by atoms with Crippen molar-refractivity contribution in [3.8, 4) is 5.75 Å². The maximum absolute atomic E-state index is 12.3. The van der Waals surface area contributed by atoms with E-state index in [1.54, 1.807) is 24.3 Å². The number of hydrogen-bond donors (Lipinski definition) is 1. The predicted molar refractivity (Wildman–Crippen MR) is 67.1 cm³/mol. The van der Waals surface area contributed by atoms with Gasteiger partial charge in [-0.25, -0.2) is 0 Å². The molecule has 1 N–H and O–H groups in total. The third-order valence-electron chi connectivity index (χ3n) is 2.26. The summed E-state index contributed by atoms with van der Waals surface area (Å²) in [6.07, 6.45) is -4.46. The molecule has 0 fully saturated rings. The predicted octanol–water partition coefficient (Wildman–Crippen LogP) is 2.67. The molecule has 0 atom stereocenters. The molecular formula is C12H13ClF3NO3. The number of aliphatic carboxylic acids is 1. The highest BCUT2D eigenvalue weighted by Crippen LogP contribution is 2.23. The summed E-state index contributed by atoms with van der Waals surface area (Å²) in [5.74, 6) is -0.983. The normalized spacial score (nSPS) is 11.7. The van der Waals surface area contributed by atoms with Gasteiger partial charge in [-0.15, -0.1) is 0 Å². The highest BCUT2D eigenvalue weighted by molar-refractivity contribution is 6.32. The van der Waals surface area contributed by atoms with E-state index in [-0.39, 0.29) is 13.2 Å². The maximum Gasteiger partial charge on any atom is 0.401 e. The van der Waals surface area contributed by atoms with Gasteiger partial charge in [-0.3, -0.25) is 9.69 Å². The number of nitrogens with zero attached hydrogens (tertiary/aromatic N) is 1. The van der Waals surface area contributed by atoms with Crippen LogP contribution in [-0.4, -0.2) is 48.4 Å². The van der Waals surface area contributed by atoms with Crippen molar-refractivity contribution in [2.75, 3.05) is 26.2 Å². The Morgan fingerprint density at radius 1 is 1.35 bits per heavy atom. The molecule has 1 aromatic carbocycles. The lowest BCUT2D eigenvalue weighted by molar-refractivity contribution is -0.154. The van der Waals surface area contributed by atoms with Crippen LogP contribution in [0.4, 0.5) is 13.2 Å². The molecule has 0 heterocycles. The minimum absolute atomic E-state index is 0.0902. The topological polar surface area (TPSA) is 49.8 Å². The summed E-state index contributed by atoms with van der Waals surface area (Å²) in [6, 6.07) is 6.52. The van der Waals surface area contributed by atoms with Gasteiger partial charge in [0.25, 0.3) is 0 Å². The fourth-order valence-corrected chi connectivity index (χ4v) is 1.70. The van der Waals surface area contributed by atoms with E-state index in [9.17, 15) is 18.0 Å². The van der Waals surface area contributed by atoms with E-state index >= 15 is 0 Å². The van der Waals surface area contributed by atoms with Crippen LogP contribution in [0.1, 0.15) is 0 Å². The zero-order chi connectivity index (χ0) is 15.2. The molecule has 0 saturated carbocycles. The summed E-state index contributed by atoms with van der Waals surface area (Å²) < 4.78 is 42.1. The number of alkyl halides is 3. The van der Waals surface area contributed by atoms with Gasteiger partial charge in [-0.1, -0.05) is 23.7 Å². The molecule has 20 heavy (non-hydrogen) atoms. The summed E-state index contributed by atoms with van der Waals surface area (Å²) >= 11 is 5.82. The van der Waals surface area contributed by atoms with Crippen molar-refractivity contribution in [3.63, 3.8) is 0 Å². The lowest BCUT2D eigenvalue weighted by Crippen LogP contribution is -2.40. The molecule has 0 aliphatic heterocycles. The van der Waals surface area contributed by atoms with Crippen LogP contribution < -0.4 is 4.74 Å². The van der Waals surface area contributed by atoms with Crippen molar-refractivity contribution in [1.29, 1.82) is 0 Å². The van der Waals surface area contributed by atoms with Gasteiger partial charge in [-0.05, 0) is 12.1 Å². The molecule has 0 spiro atoms. The van der Waals surface area contributed by atoms with E-state index in [1.807, 2.05) is 0 Å². The van der Waals surface area contributed by atoms with E-state index in [4.69, 9.17) is 21.4 Å². The van der Waals surface area contributed by atoms with E-state index in [1.165, 1.54) is 0 Å². The number of carboxylic acids is 1. The Morgan fingerprint density at radius 3 is 2.55 bits per heavy atom. The minimum Gasteiger partial charge on any atom is -0.491 e. The second-order valence-electron chi connectivity index (χ2n) is 4.00. The smallest absolute Gasteiger partial charge is 0.401 e. The Labute approximate surface area is 118 Å². The zero-order valence-electron chi connectivity index (χ0n) is 10.4. The first kappa shape index (κ1) is 16.6. The molecule has 1 aromatic rings. The zero-order valence-corrected chi connectivity index (χ0v) is 11.1. The van der Waals surface area contributed by atoms with Gasteiger partial charge in [0.1, 0.15) is 12.4 Å². The first-order valence-corrected chi connectivity index (χ1v) is 6.04. The summed E-state index contributed by atoms with van der Waals surface area (Å²) in [6.45, 7) is -2.26. The number of para-hydroxylation sites is 1. The van der Waals surface area contributed by atoms with Crippen molar-refractivity contribution < 1.29 is 27.8 Å². The Hall–Kier alpha value is -1.47. The molecule has 0 aliphatic rings. The Morgan fingerprint density at radius 2 is 2.00 bits per heavy atom. The van der Waals surface area contributed by atoms with Gasteiger partial charge in [0, 0.05) is 6.54 Å². The van der Waals surface area contributed by atoms with Crippen LogP contribution in [-0.2, 0) is 4.79 Å². The van der Waals surface area contributed by atoms with E-state index in [2.05, 4.69) is 0 Å².